The van der Waals surface area contributed by atoms with Crippen molar-refractivity contribution in [1.82, 2.24) is 46.0 Å². The van der Waals surface area contributed by atoms with Crippen molar-refractivity contribution in [3.05, 3.63) is 71.0 Å². The van der Waals surface area contributed by atoms with E-state index in [9.17, 15) is 29.1 Å². The molecule has 0 unspecified atom stereocenters. The number of aliphatic hydroxyl groups is 1. The number of benzene rings is 2. The molecule has 3 fully saturated rings. The molecular weight excluding hydrogens is 989 g/mol. The van der Waals surface area contributed by atoms with Gasteiger partial charge in [-0.15, -0.1) is 11.3 Å². The van der Waals surface area contributed by atoms with Crippen LogP contribution in [0.15, 0.2) is 54.2 Å². The number of methoxy groups -OCH3 is 1. The molecule has 4 aliphatic rings. The topological polar surface area (TPSA) is 236 Å². The fraction of sp³-hybridized carbons (Fsp3) is 0.564. The van der Waals surface area contributed by atoms with Crippen molar-refractivity contribution in [1.29, 1.82) is 0 Å². The first-order valence-corrected chi connectivity index (χ1v) is 27.7. The van der Waals surface area contributed by atoms with Gasteiger partial charge >= 0.3 is 0 Å². The number of amides is 5. The Morgan fingerprint density at radius 2 is 1.74 bits per heavy atom. The first-order chi connectivity index (χ1) is 36.5. The molecule has 5 heterocycles. The van der Waals surface area contributed by atoms with Crippen LogP contribution < -0.4 is 41.1 Å². The van der Waals surface area contributed by atoms with Gasteiger partial charge in [0, 0.05) is 76.9 Å². The summed E-state index contributed by atoms with van der Waals surface area (Å²) in [6.07, 6.45) is 7.55. The normalized spacial score (nSPS) is 19.9. The number of nitrogens with zero attached hydrogens (tertiary/aromatic N) is 7. The van der Waals surface area contributed by atoms with E-state index in [0.29, 0.717) is 48.1 Å². The van der Waals surface area contributed by atoms with Crippen molar-refractivity contribution in [3.63, 3.8) is 0 Å². The van der Waals surface area contributed by atoms with Crippen LogP contribution in [0.3, 0.4) is 0 Å². The molecule has 0 bridgehead atoms. The van der Waals surface area contributed by atoms with Crippen molar-refractivity contribution in [3.8, 4) is 16.2 Å². The van der Waals surface area contributed by atoms with Gasteiger partial charge in [0.05, 0.1) is 47.8 Å². The van der Waals surface area contributed by atoms with Crippen LogP contribution in [0.25, 0.3) is 10.4 Å². The fourth-order valence-electron chi connectivity index (χ4n) is 10.7. The summed E-state index contributed by atoms with van der Waals surface area (Å²) in [5, 5.41) is 26.3. The number of thiazole rings is 1. The van der Waals surface area contributed by atoms with Gasteiger partial charge < -0.3 is 60.8 Å². The van der Waals surface area contributed by atoms with E-state index in [4.69, 9.17) is 14.5 Å². The minimum atomic E-state index is -0.955. The second-order valence-corrected chi connectivity index (χ2v) is 22.3. The second-order valence-electron chi connectivity index (χ2n) is 21.4. The number of β-amino-alcohol motifs (C(OH)–C–C–N with tert-alkyl or cyclic N) is 1. The van der Waals surface area contributed by atoms with Crippen LogP contribution >= 0.6 is 11.3 Å². The number of carbonyl (C=O) groups excluding carboxylic acids is 5. The van der Waals surface area contributed by atoms with Crippen LogP contribution in [0.2, 0.25) is 0 Å². The van der Waals surface area contributed by atoms with Crippen LogP contribution in [-0.2, 0) is 30.5 Å². The maximum absolute atomic E-state index is 14.0. The zero-order chi connectivity index (χ0) is 54.1. The maximum Gasteiger partial charge on any atom is 0.251 e. The molecule has 76 heavy (non-hydrogen) atoms. The largest absolute Gasteiger partial charge is 0.495 e. The van der Waals surface area contributed by atoms with E-state index >= 15 is 0 Å². The molecule has 2 saturated heterocycles. The monoisotopic (exact) mass is 1060 g/mol. The van der Waals surface area contributed by atoms with Gasteiger partial charge in [-0.25, -0.2) is 9.97 Å². The van der Waals surface area contributed by atoms with E-state index in [1.165, 1.54) is 4.90 Å². The number of piperidine rings is 1. The maximum atomic E-state index is 14.0. The number of hydrogen-bond acceptors (Lipinski definition) is 16. The summed E-state index contributed by atoms with van der Waals surface area (Å²) in [5.41, 5.74) is 5.82. The Kier molecular flexibility index (Phi) is 18.6. The molecule has 2 aromatic carbocycles. The highest BCUT2D eigenvalue weighted by atomic mass is 32.1. The third-order valence-electron chi connectivity index (χ3n) is 15.0. The molecule has 3 aliphatic heterocycles. The average Bonchev–Trinajstić information content (AvgIpc) is 4.21. The van der Waals surface area contributed by atoms with Gasteiger partial charge in [0.1, 0.15) is 36.2 Å². The molecule has 6 N–H and O–H groups in total. The lowest BCUT2D eigenvalue weighted by molar-refractivity contribution is -0.144. The van der Waals surface area contributed by atoms with Crippen molar-refractivity contribution in [2.45, 2.75) is 129 Å². The average molecular weight is 1070 g/mol. The van der Waals surface area contributed by atoms with Gasteiger partial charge in [-0.05, 0) is 73.8 Å². The Labute approximate surface area is 450 Å². The standard InChI is InChI=1S/C55H76N12O8S/c1-8-42-52(72)64(6)44-30-58-54(63-49(44)67(42)39-11-9-10-12-39)61-41-18-17-37(27-45(41)74-7)50(70)60-38-19-23-65(24-20-38)25-21-56-22-26-75-32-46(69)62-48(55(3,4)5)53(73)66-31-40(68)28-43(66)51(71)57-29-35-13-15-36(16-14-35)47-34(2)59-33-76-47/h13-18,27,30,33,38-40,42-43,48,56,68H,8-12,19-26,28-29,31-32H2,1-7H3,(H,57,71)(H,60,70)(H,62,69)(H,58,61,63)/t40-,42-,43+,48-/m1/s1. The van der Waals surface area contributed by atoms with Crippen molar-refractivity contribution in [2.24, 2.45) is 5.41 Å². The van der Waals surface area contributed by atoms with Crippen LogP contribution in [0.1, 0.15) is 101 Å². The lowest BCUT2D eigenvalue weighted by atomic mass is 9.85. The predicted molar refractivity (Wildman–Crippen MR) is 293 cm³/mol. The third-order valence-corrected chi connectivity index (χ3v) is 16.0. The van der Waals surface area contributed by atoms with Gasteiger partial charge in [0.15, 0.2) is 5.82 Å². The Balaban J connectivity index is 0.724. The molecule has 5 amide bonds. The Morgan fingerprint density at radius 1 is 0.987 bits per heavy atom. The first-order valence-electron chi connectivity index (χ1n) is 26.8. The van der Waals surface area contributed by atoms with Gasteiger partial charge in [-0.3, -0.25) is 24.0 Å². The molecule has 1 saturated carbocycles. The third kappa shape index (κ3) is 13.5. The van der Waals surface area contributed by atoms with Crippen LogP contribution in [0, 0.1) is 12.3 Å². The van der Waals surface area contributed by atoms with Crippen LogP contribution in [-0.4, -0.2) is 162 Å². The quantitative estimate of drug-likeness (QED) is 0.0617. The van der Waals surface area contributed by atoms with Crippen molar-refractivity contribution in [2.75, 3.05) is 81.8 Å². The number of carbonyl (C=O) groups is 5. The number of likely N-dealkylation sites (tertiary alicyclic amines) is 2. The Morgan fingerprint density at radius 3 is 2.42 bits per heavy atom. The summed E-state index contributed by atoms with van der Waals surface area (Å²) < 4.78 is 11.4. The number of likely N-dealkylation sites (N-methyl/N-ethyl adjacent to an activating group) is 1. The number of fused-ring (bicyclic) bond motifs is 1. The lowest BCUT2D eigenvalue weighted by Crippen LogP contribution is -2.58. The summed E-state index contributed by atoms with van der Waals surface area (Å²) in [6.45, 7) is 13.5. The van der Waals surface area contributed by atoms with Crippen molar-refractivity contribution >= 4 is 64.0 Å². The summed E-state index contributed by atoms with van der Waals surface area (Å²) in [6, 6.07) is 11.3. The minimum Gasteiger partial charge on any atom is -0.495 e. The molecule has 4 aromatic rings. The summed E-state index contributed by atoms with van der Waals surface area (Å²) in [4.78, 5) is 90.0. The first kappa shape index (κ1) is 56.0. The lowest BCUT2D eigenvalue weighted by Gasteiger charge is -2.43. The van der Waals surface area contributed by atoms with Gasteiger partial charge in [-0.1, -0.05) is 64.8 Å². The molecule has 8 rings (SSSR count). The zero-order valence-electron chi connectivity index (χ0n) is 45.0. The summed E-state index contributed by atoms with van der Waals surface area (Å²) in [5.74, 6) is 0.247. The highest BCUT2D eigenvalue weighted by Crippen LogP contribution is 2.41. The number of aliphatic hydroxyl groups excluding tert-OH is 1. The predicted octanol–water partition coefficient (Wildman–Crippen LogP) is 4.77. The number of hydrogen-bond donors (Lipinski definition) is 6. The molecule has 0 radical (unpaired) electrons. The number of aryl methyl sites for hydroxylation is 1. The highest BCUT2D eigenvalue weighted by molar-refractivity contribution is 7.13. The fourth-order valence-corrected chi connectivity index (χ4v) is 11.5. The molecule has 410 valence electrons. The van der Waals surface area contributed by atoms with E-state index < -0.39 is 35.4 Å². The molecule has 1 aliphatic carbocycles. The van der Waals surface area contributed by atoms with Gasteiger partial charge in [-0.2, -0.15) is 4.98 Å². The summed E-state index contributed by atoms with van der Waals surface area (Å²) >= 11 is 1.57. The van der Waals surface area contributed by atoms with E-state index in [-0.39, 0.29) is 68.6 Å². The summed E-state index contributed by atoms with van der Waals surface area (Å²) in [7, 11) is 3.34. The zero-order valence-corrected chi connectivity index (χ0v) is 45.8. The number of rotatable bonds is 21. The number of aromatic nitrogens is 3. The molecular formula is C55H76N12O8S. The number of anilines is 4. The van der Waals surface area contributed by atoms with Crippen LogP contribution in [0.5, 0.6) is 5.75 Å². The highest BCUT2D eigenvalue weighted by Gasteiger charge is 2.45. The minimum absolute atomic E-state index is 0.0115. The molecule has 20 nitrogen and oxygen atoms in total. The smallest absolute Gasteiger partial charge is 0.251 e. The number of ether oxygens (including phenoxy) is 2. The van der Waals surface area contributed by atoms with Gasteiger partial charge in [0.25, 0.3) is 5.91 Å². The number of nitrogens with one attached hydrogen (secondary N) is 5. The molecule has 0 spiro atoms. The van der Waals surface area contributed by atoms with E-state index in [2.05, 4.69) is 46.4 Å². The molecule has 21 heteroatoms. The second kappa shape index (κ2) is 25.3. The van der Waals surface area contributed by atoms with Gasteiger partial charge in [0.2, 0.25) is 29.6 Å². The molecule has 2 aromatic heterocycles. The van der Waals surface area contributed by atoms with Crippen molar-refractivity contribution < 1.29 is 38.6 Å². The van der Waals surface area contributed by atoms with Crippen LogP contribution in [0.4, 0.5) is 23.1 Å². The van der Waals surface area contributed by atoms with E-state index in [1.54, 1.807) is 54.8 Å². The Hall–Kier alpha value is -6.26. The SMILES string of the molecule is CC[C@@H]1C(=O)N(C)c2cnc(Nc3ccc(C(=O)NC4CCN(CCNCCOCC(=O)N[C@H](C(=O)N5C[C@H](O)C[C@H]5C(=O)NCc5ccc(-c6scnc6C)cc5)C(C)(C)C)CC4)cc3OC)nc2N1C1CCCC1. The Bertz CT molecular complexity index is 2670. The molecule has 4 atom stereocenters. The van der Waals surface area contributed by atoms with E-state index in [0.717, 1.165) is 85.7 Å². The van der Waals surface area contributed by atoms with E-state index in [1.807, 2.05) is 64.4 Å².